The molecule has 7 heteroatoms. The molecule has 144 valence electrons. The summed E-state index contributed by atoms with van der Waals surface area (Å²) in [5.74, 6) is -0.549. The fourth-order valence-electron chi connectivity index (χ4n) is 2.48. The second-order valence-electron chi connectivity index (χ2n) is 5.73. The van der Waals surface area contributed by atoms with Crippen molar-refractivity contribution >= 4 is 11.7 Å². The van der Waals surface area contributed by atoms with Crippen LogP contribution in [0.15, 0.2) is 60.7 Å². The van der Waals surface area contributed by atoms with Crippen LogP contribution < -0.4 is 5.32 Å². The molecule has 1 unspecified atom stereocenters. The Labute approximate surface area is 155 Å². The third-order valence-electron chi connectivity index (χ3n) is 3.76. The van der Waals surface area contributed by atoms with Gasteiger partial charge < -0.3 is 15.2 Å². The Bertz CT molecular complexity index is 803. The largest absolute Gasteiger partial charge is 0.506 e. The van der Waals surface area contributed by atoms with Gasteiger partial charge in [-0.3, -0.25) is 0 Å². The van der Waals surface area contributed by atoms with Crippen LogP contribution in [-0.2, 0) is 15.7 Å². The third-order valence-corrected chi connectivity index (χ3v) is 3.76. The summed E-state index contributed by atoms with van der Waals surface area (Å²) in [6, 6.07) is 10.8. The maximum atomic E-state index is 13.0. The van der Waals surface area contributed by atoms with Gasteiger partial charge in [0.15, 0.2) is 0 Å². The molecular weight excluding hydrogens is 359 g/mol. The minimum Gasteiger partial charge on any atom is -0.506 e. The number of nitrogens with one attached hydrogen (secondary N) is 1. The van der Waals surface area contributed by atoms with Crippen molar-refractivity contribution in [1.82, 2.24) is 0 Å². The molecule has 0 spiro atoms. The summed E-state index contributed by atoms with van der Waals surface area (Å²) in [5.41, 5.74) is -0.00973. The molecule has 2 rings (SSSR count). The molecule has 0 saturated carbocycles. The zero-order chi connectivity index (χ0) is 19.9. The van der Waals surface area contributed by atoms with E-state index in [0.717, 1.165) is 12.1 Å². The third kappa shape index (κ3) is 6.06. The summed E-state index contributed by atoms with van der Waals surface area (Å²) in [5, 5.41) is 13.0. The second-order valence-corrected chi connectivity index (χ2v) is 5.73. The summed E-state index contributed by atoms with van der Waals surface area (Å²) in [4.78, 5) is 11.4. The van der Waals surface area contributed by atoms with Gasteiger partial charge in [-0.15, -0.1) is 0 Å². The van der Waals surface area contributed by atoms with Crippen LogP contribution in [0.3, 0.4) is 0 Å². The minimum atomic E-state index is -4.46. The van der Waals surface area contributed by atoms with Crippen molar-refractivity contribution in [3.05, 3.63) is 71.8 Å². The van der Waals surface area contributed by atoms with Gasteiger partial charge in [0.25, 0.3) is 0 Å². The molecule has 4 nitrogen and oxygen atoms in total. The van der Waals surface area contributed by atoms with Crippen LogP contribution in [-0.4, -0.2) is 17.7 Å². The zero-order valence-electron chi connectivity index (χ0n) is 14.7. The number of ether oxygens (including phenoxy) is 1. The number of halogens is 3. The van der Waals surface area contributed by atoms with E-state index in [1.807, 2.05) is 0 Å². The van der Waals surface area contributed by atoms with Crippen molar-refractivity contribution in [3.63, 3.8) is 0 Å². The lowest BCUT2D eigenvalue weighted by Gasteiger charge is -2.21. The summed E-state index contributed by atoms with van der Waals surface area (Å²) in [6.45, 7) is 1.91. The van der Waals surface area contributed by atoms with E-state index >= 15 is 0 Å². The van der Waals surface area contributed by atoms with Gasteiger partial charge in [0, 0.05) is 6.08 Å². The zero-order valence-corrected chi connectivity index (χ0v) is 14.7. The van der Waals surface area contributed by atoms with E-state index in [2.05, 4.69) is 5.32 Å². The summed E-state index contributed by atoms with van der Waals surface area (Å²) in [6.07, 6.45) is -1.49. The quantitative estimate of drug-likeness (QED) is 0.400. The number of esters is 1. The molecule has 0 fully saturated rings. The molecule has 0 aliphatic rings. The SMILES string of the molecule is CCOC(=O)/C=C/CC(Nc1ccccc1O)c1cccc(C(F)(F)F)c1. The molecule has 0 radical (unpaired) electrons. The number of carbonyl (C=O) groups is 1. The number of hydrogen-bond donors (Lipinski definition) is 2. The molecule has 27 heavy (non-hydrogen) atoms. The molecule has 0 saturated heterocycles. The Hall–Kier alpha value is -2.96. The Kier molecular flexibility index (Phi) is 6.87. The van der Waals surface area contributed by atoms with Gasteiger partial charge in [0.05, 0.1) is 23.9 Å². The highest BCUT2D eigenvalue weighted by atomic mass is 19.4. The number of anilines is 1. The van der Waals surface area contributed by atoms with Crippen LogP contribution >= 0.6 is 0 Å². The highest BCUT2D eigenvalue weighted by molar-refractivity contribution is 5.81. The van der Waals surface area contributed by atoms with E-state index < -0.39 is 23.8 Å². The fraction of sp³-hybridized carbons (Fsp3) is 0.250. The van der Waals surface area contributed by atoms with Crippen molar-refractivity contribution in [2.24, 2.45) is 0 Å². The first kappa shape index (κ1) is 20.4. The van der Waals surface area contributed by atoms with Crippen LogP contribution in [0, 0.1) is 0 Å². The predicted molar refractivity (Wildman–Crippen MR) is 96.3 cm³/mol. The van der Waals surface area contributed by atoms with Gasteiger partial charge in [-0.1, -0.05) is 30.3 Å². The number of aromatic hydroxyl groups is 1. The van der Waals surface area contributed by atoms with Gasteiger partial charge in [-0.05, 0) is 43.2 Å². The maximum absolute atomic E-state index is 13.0. The smallest absolute Gasteiger partial charge is 0.416 e. The standard InChI is InChI=1S/C20H20F3NO3/c1-2-27-19(26)12-6-10-16(24-17-9-3-4-11-18(17)25)14-7-5-8-15(13-14)20(21,22)23/h3-9,11-13,16,24-25H,2,10H2,1H3/b12-6+. The second kappa shape index (κ2) is 9.12. The highest BCUT2D eigenvalue weighted by Crippen LogP contribution is 2.33. The topological polar surface area (TPSA) is 58.6 Å². The molecule has 0 amide bonds. The van der Waals surface area contributed by atoms with Crippen molar-refractivity contribution in [3.8, 4) is 5.75 Å². The number of rotatable bonds is 7. The number of phenols is 1. The first-order valence-corrected chi connectivity index (χ1v) is 8.36. The molecule has 0 aromatic heterocycles. The molecule has 2 N–H and O–H groups in total. The van der Waals surface area contributed by atoms with Crippen molar-refractivity contribution in [2.45, 2.75) is 25.6 Å². The Balaban J connectivity index is 2.29. The van der Waals surface area contributed by atoms with Gasteiger partial charge >= 0.3 is 12.1 Å². The molecular formula is C20H20F3NO3. The predicted octanol–water partition coefficient (Wildman–Crippen LogP) is 5.07. The normalized spacial score (nSPS) is 12.7. The van der Waals surface area contributed by atoms with E-state index in [9.17, 15) is 23.1 Å². The first-order chi connectivity index (χ1) is 12.8. The molecule has 0 aliphatic heterocycles. The van der Waals surface area contributed by atoms with Crippen LogP contribution in [0.4, 0.5) is 18.9 Å². The average molecular weight is 379 g/mol. The average Bonchev–Trinajstić information content (AvgIpc) is 2.62. The molecule has 2 aromatic rings. The minimum absolute atomic E-state index is 0.0242. The van der Waals surface area contributed by atoms with Gasteiger partial charge in [-0.25, -0.2) is 4.79 Å². The fourth-order valence-corrected chi connectivity index (χ4v) is 2.48. The van der Waals surface area contributed by atoms with Crippen LogP contribution in [0.2, 0.25) is 0 Å². The maximum Gasteiger partial charge on any atom is 0.416 e. The van der Waals surface area contributed by atoms with Crippen LogP contribution in [0.25, 0.3) is 0 Å². The molecule has 0 aliphatic carbocycles. The lowest BCUT2D eigenvalue weighted by Crippen LogP contribution is -2.12. The summed E-state index contributed by atoms with van der Waals surface area (Å²) in [7, 11) is 0. The van der Waals surface area contributed by atoms with Crippen molar-refractivity contribution in [2.75, 3.05) is 11.9 Å². The lowest BCUT2D eigenvalue weighted by molar-refractivity contribution is -0.138. The van der Waals surface area contributed by atoms with E-state index in [4.69, 9.17) is 4.74 Å². The monoisotopic (exact) mass is 379 g/mol. The lowest BCUT2D eigenvalue weighted by atomic mass is 10.00. The van der Waals surface area contributed by atoms with E-state index in [-0.39, 0.29) is 18.8 Å². The Morgan fingerprint density at radius 3 is 2.63 bits per heavy atom. The Morgan fingerprint density at radius 1 is 1.22 bits per heavy atom. The molecule has 2 aromatic carbocycles. The van der Waals surface area contributed by atoms with Gasteiger partial charge in [-0.2, -0.15) is 13.2 Å². The van der Waals surface area contributed by atoms with Crippen LogP contribution in [0.1, 0.15) is 30.5 Å². The van der Waals surface area contributed by atoms with E-state index in [1.165, 1.54) is 24.3 Å². The molecule has 1 atom stereocenters. The van der Waals surface area contributed by atoms with E-state index in [1.54, 1.807) is 31.2 Å². The first-order valence-electron chi connectivity index (χ1n) is 8.36. The van der Waals surface area contributed by atoms with E-state index in [0.29, 0.717) is 11.3 Å². The molecule has 0 bridgehead atoms. The van der Waals surface area contributed by atoms with Crippen LogP contribution in [0.5, 0.6) is 5.75 Å². The van der Waals surface area contributed by atoms with Gasteiger partial charge in [0.1, 0.15) is 5.75 Å². The number of benzene rings is 2. The number of phenolic OH excluding ortho intramolecular Hbond substituents is 1. The number of para-hydroxylation sites is 2. The number of hydrogen-bond acceptors (Lipinski definition) is 4. The number of carbonyl (C=O) groups excluding carboxylic acids is 1. The number of alkyl halides is 3. The molecule has 0 heterocycles. The summed E-state index contributed by atoms with van der Waals surface area (Å²) < 4.78 is 43.9. The Morgan fingerprint density at radius 2 is 1.96 bits per heavy atom. The van der Waals surface area contributed by atoms with Gasteiger partial charge in [0.2, 0.25) is 0 Å². The highest BCUT2D eigenvalue weighted by Gasteiger charge is 2.31. The summed E-state index contributed by atoms with van der Waals surface area (Å²) >= 11 is 0. The van der Waals surface area contributed by atoms with Crippen molar-refractivity contribution < 1.29 is 27.8 Å². The van der Waals surface area contributed by atoms with Crippen molar-refractivity contribution in [1.29, 1.82) is 0 Å².